The van der Waals surface area contributed by atoms with Gasteiger partial charge in [0.05, 0.1) is 5.56 Å². The largest absolute Gasteiger partial charge is 0.352 e. The number of carbonyl (C=O) groups excluding carboxylic acids is 2. The lowest BCUT2D eigenvalue weighted by Crippen LogP contribution is -2.43. The minimum atomic E-state index is -0.0481. The Morgan fingerprint density at radius 1 is 1.11 bits per heavy atom. The first-order valence-corrected chi connectivity index (χ1v) is 10.2. The van der Waals surface area contributed by atoms with Gasteiger partial charge in [-0.05, 0) is 47.0 Å². The molecule has 0 bridgehead atoms. The summed E-state index contributed by atoms with van der Waals surface area (Å²) in [5, 5.41) is 8.94. The van der Waals surface area contributed by atoms with E-state index in [9.17, 15) is 9.59 Å². The Hall–Kier alpha value is -2.66. The van der Waals surface area contributed by atoms with E-state index in [1.165, 1.54) is 0 Å². The first-order chi connectivity index (χ1) is 13.2. The zero-order valence-electron chi connectivity index (χ0n) is 15.1. The van der Waals surface area contributed by atoms with Gasteiger partial charge in [-0.25, -0.2) is 0 Å². The highest BCUT2D eigenvalue weighted by atomic mass is 32.1. The average Bonchev–Trinajstić information content (AvgIpc) is 3.26. The quantitative estimate of drug-likeness (QED) is 0.740. The van der Waals surface area contributed by atoms with Crippen molar-refractivity contribution >= 4 is 33.9 Å². The third-order valence-electron chi connectivity index (χ3n) is 5.16. The maximum atomic E-state index is 12.7. The number of thiophene rings is 1. The number of amides is 2. The van der Waals surface area contributed by atoms with Crippen LogP contribution in [0, 0.1) is 5.92 Å². The highest BCUT2D eigenvalue weighted by Gasteiger charge is 2.25. The van der Waals surface area contributed by atoms with Crippen molar-refractivity contribution < 1.29 is 9.59 Å². The summed E-state index contributed by atoms with van der Waals surface area (Å²) in [4.78, 5) is 27.2. The van der Waals surface area contributed by atoms with Crippen molar-refractivity contribution in [2.24, 2.45) is 5.92 Å². The molecule has 1 N–H and O–H groups in total. The van der Waals surface area contributed by atoms with Crippen LogP contribution in [0.15, 0.2) is 59.3 Å². The van der Waals surface area contributed by atoms with E-state index in [-0.39, 0.29) is 11.8 Å². The lowest BCUT2D eigenvalue weighted by atomic mass is 9.97. The second-order valence-electron chi connectivity index (χ2n) is 7.01. The van der Waals surface area contributed by atoms with Gasteiger partial charge in [-0.3, -0.25) is 9.59 Å². The summed E-state index contributed by atoms with van der Waals surface area (Å²) >= 11 is 1.54. The van der Waals surface area contributed by atoms with Crippen LogP contribution in [0.25, 0.3) is 10.8 Å². The molecule has 2 heterocycles. The fourth-order valence-electron chi connectivity index (χ4n) is 3.74. The van der Waals surface area contributed by atoms with Crippen LogP contribution in [-0.2, 0) is 0 Å². The van der Waals surface area contributed by atoms with E-state index in [0.717, 1.165) is 35.7 Å². The molecule has 3 aromatic rings. The smallest absolute Gasteiger partial charge is 0.254 e. The van der Waals surface area contributed by atoms with Crippen molar-refractivity contribution in [1.29, 1.82) is 0 Å². The highest BCUT2D eigenvalue weighted by molar-refractivity contribution is 7.08. The van der Waals surface area contributed by atoms with E-state index in [2.05, 4.69) is 5.32 Å². The molecule has 0 saturated carbocycles. The Bertz CT molecular complexity index is 947. The number of fused-ring (bicyclic) bond motifs is 1. The molecule has 4 nitrogen and oxygen atoms in total. The number of hydrogen-bond acceptors (Lipinski definition) is 3. The summed E-state index contributed by atoms with van der Waals surface area (Å²) in [7, 11) is 0. The third kappa shape index (κ3) is 3.88. The van der Waals surface area contributed by atoms with E-state index in [1.54, 1.807) is 11.3 Å². The molecule has 2 aromatic carbocycles. The molecule has 1 aromatic heterocycles. The van der Waals surface area contributed by atoms with Gasteiger partial charge in [0.1, 0.15) is 0 Å². The molecule has 2 amide bonds. The summed E-state index contributed by atoms with van der Waals surface area (Å²) < 4.78 is 0. The van der Waals surface area contributed by atoms with Crippen LogP contribution >= 0.6 is 11.3 Å². The van der Waals surface area contributed by atoms with Gasteiger partial charge in [0.25, 0.3) is 11.8 Å². The zero-order chi connectivity index (χ0) is 18.6. The molecular formula is C22H22N2O2S. The number of benzene rings is 2. The van der Waals surface area contributed by atoms with E-state index in [4.69, 9.17) is 0 Å². The maximum absolute atomic E-state index is 12.7. The van der Waals surface area contributed by atoms with Crippen molar-refractivity contribution in [1.82, 2.24) is 10.2 Å². The van der Waals surface area contributed by atoms with Gasteiger partial charge >= 0.3 is 0 Å². The average molecular weight is 378 g/mol. The van der Waals surface area contributed by atoms with Gasteiger partial charge in [0.15, 0.2) is 0 Å². The SMILES string of the molecule is O=C(NC[C@@H]1CCCN(C(=O)c2ccsc2)C1)c1cccc2ccccc12. The maximum Gasteiger partial charge on any atom is 0.254 e. The Labute approximate surface area is 162 Å². The lowest BCUT2D eigenvalue weighted by molar-refractivity contribution is 0.0671. The van der Waals surface area contributed by atoms with Crippen LogP contribution in [0.4, 0.5) is 0 Å². The molecule has 0 unspecified atom stereocenters. The molecule has 0 radical (unpaired) electrons. The zero-order valence-corrected chi connectivity index (χ0v) is 15.9. The number of carbonyl (C=O) groups is 2. The third-order valence-corrected chi connectivity index (χ3v) is 5.84. The predicted octanol–water partition coefficient (Wildman–Crippen LogP) is 4.18. The Kier molecular flexibility index (Phi) is 5.21. The Balaban J connectivity index is 1.39. The molecule has 1 fully saturated rings. The second-order valence-corrected chi connectivity index (χ2v) is 7.79. The first kappa shape index (κ1) is 17.7. The number of nitrogens with zero attached hydrogens (tertiary/aromatic N) is 1. The summed E-state index contributed by atoms with van der Waals surface area (Å²) in [6, 6.07) is 15.6. The monoisotopic (exact) mass is 378 g/mol. The van der Waals surface area contributed by atoms with E-state index in [0.29, 0.717) is 24.6 Å². The van der Waals surface area contributed by atoms with Crippen LogP contribution in [0.1, 0.15) is 33.6 Å². The molecule has 4 rings (SSSR count). The van der Waals surface area contributed by atoms with Gasteiger partial charge in [-0.1, -0.05) is 36.4 Å². The Morgan fingerprint density at radius 2 is 1.96 bits per heavy atom. The highest BCUT2D eigenvalue weighted by Crippen LogP contribution is 2.21. The van der Waals surface area contributed by atoms with Crippen LogP contribution in [0.3, 0.4) is 0 Å². The lowest BCUT2D eigenvalue weighted by Gasteiger charge is -2.32. The van der Waals surface area contributed by atoms with Crippen molar-refractivity contribution in [3.05, 3.63) is 70.4 Å². The molecule has 1 aliphatic rings. The van der Waals surface area contributed by atoms with Gasteiger partial charge in [0.2, 0.25) is 0 Å². The number of hydrogen-bond donors (Lipinski definition) is 1. The van der Waals surface area contributed by atoms with Gasteiger partial charge < -0.3 is 10.2 Å². The molecule has 5 heteroatoms. The minimum absolute atomic E-state index is 0.0481. The molecule has 1 atom stereocenters. The van der Waals surface area contributed by atoms with Gasteiger partial charge in [-0.15, -0.1) is 0 Å². The van der Waals surface area contributed by atoms with Gasteiger partial charge in [0, 0.05) is 30.6 Å². The van der Waals surface area contributed by atoms with Crippen molar-refractivity contribution in [3.8, 4) is 0 Å². The molecule has 1 aliphatic heterocycles. The van der Waals surface area contributed by atoms with E-state index < -0.39 is 0 Å². The molecule has 1 saturated heterocycles. The molecule has 27 heavy (non-hydrogen) atoms. The number of nitrogens with one attached hydrogen (secondary N) is 1. The molecule has 138 valence electrons. The van der Waals surface area contributed by atoms with Crippen LogP contribution in [0.2, 0.25) is 0 Å². The van der Waals surface area contributed by atoms with Crippen molar-refractivity contribution in [2.45, 2.75) is 12.8 Å². The van der Waals surface area contributed by atoms with E-state index in [1.807, 2.05) is 64.2 Å². The topological polar surface area (TPSA) is 49.4 Å². The summed E-state index contributed by atoms with van der Waals surface area (Å²) in [6.45, 7) is 2.09. The normalized spacial score (nSPS) is 17.0. The van der Waals surface area contributed by atoms with Crippen molar-refractivity contribution in [2.75, 3.05) is 19.6 Å². The summed E-state index contributed by atoms with van der Waals surface area (Å²) in [6.07, 6.45) is 2.01. The molecule has 0 spiro atoms. The fourth-order valence-corrected chi connectivity index (χ4v) is 4.37. The first-order valence-electron chi connectivity index (χ1n) is 9.30. The summed E-state index contributed by atoms with van der Waals surface area (Å²) in [5.41, 5.74) is 1.47. The second kappa shape index (κ2) is 7.92. The van der Waals surface area contributed by atoms with Crippen LogP contribution in [0.5, 0.6) is 0 Å². The standard InChI is InChI=1S/C22H22N2O2S/c25-21(20-9-3-7-17-6-1-2-8-19(17)20)23-13-16-5-4-11-24(14-16)22(26)18-10-12-27-15-18/h1-3,6-10,12,15-16H,4-5,11,13-14H2,(H,23,25)/t16-/m0/s1. The van der Waals surface area contributed by atoms with Crippen LogP contribution < -0.4 is 5.32 Å². The van der Waals surface area contributed by atoms with Crippen molar-refractivity contribution in [3.63, 3.8) is 0 Å². The summed E-state index contributed by atoms with van der Waals surface area (Å²) in [5.74, 6) is 0.342. The molecule has 0 aliphatic carbocycles. The predicted molar refractivity (Wildman–Crippen MR) is 109 cm³/mol. The number of rotatable bonds is 4. The minimum Gasteiger partial charge on any atom is -0.352 e. The number of likely N-dealkylation sites (tertiary alicyclic amines) is 1. The fraction of sp³-hybridized carbons (Fsp3) is 0.273. The molecular weight excluding hydrogens is 356 g/mol. The number of piperidine rings is 1. The van der Waals surface area contributed by atoms with E-state index >= 15 is 0 Å². The van der Waals surface area contributed by atoms with Gasteiger partial charge in [-0.2, -0.15) is 11.3 Å². The Morgan fingerprint density at radius 3 is 2.81 bits per heavy atom. The van der Waals surface area contributed by atoms with Crippen LogP contribution in [-0.4, -0.2) is 36.3 Å².